The van der Waals surface area contributed by atoms with Crippen molar-refractivity contribution in [2.24, 2.45) is 0 Å². The number of benzene rings is 1. The molecule has 1 aromatic heterocycles. The minimum atomic E-state index is -3.62. The Labute approximate surface area is 79.8 Å². The summed E-state index contributed by atoms with van der Waals surface area (Å²) in [7, 11) is 1.56. The largest absolute Gasteiger partial charge is 0.361 e. The summed E-state index contributed by atoms with van der Waals surface area (Å²) in [5.41, 5.74) is 0.765. The smallest absolute Gasteiger partial charge is 0.261 e. The van der Waals surface area contributed by atoms with Gasteiger partial charge in [-0.05, 0) is 23.6 Å². The van der Waals surface area contributed by atoms with Crippen molar-refractivity contribution in [2.75, 3.05) is 0 Å². The van der Waals surface area contributed by atoms with Crippen molar-refractivity contribution in [2.45, 2.75) is 4.90 Å². The fourth-order valence-corrected chi connectivity index (χ4v) is 1.96. The monoisotopic (exact) mass is 215 g/mol. The molecule has 0 aliphatic rings. The third kappa shape index (κ3) is 1.55. The molecule has 1 heterocycles. The van der Waals surface area contributed by atoms with Gasteiger partial charge < -0.3 is 4.98 Å². The lowest BCUT2D eigenvalue weighted by atomic mass is 10.2. The lowest BCUT2D eigenvalue weighted by Gasteiger charge is -1.95. The van der Waals surface area contributed by atoms with Crippen LogP contribution in [-0.4, -0.2) is 13.4 Å². The molecule has 5 heteroatoms. The van der Waals surface area contributed by atoms with Crippen LogP contribution in [0.2, 0.25) is 0 Å². The molecule has 1 N–H and O–H groups in total. The Hall–Kier alpha value is -1.00. The van der Waals surface area contributed by atoms with Crippen molar-refractivity contribution in [3.05, 3.63) is 30.5 Å². The number of hydrogen-bond acceptors (Lipinski definition) is 2. The molecule has 3 nitrogen and oxygen atoms in total. The van der Waals surface area contributed by atoms with E-state index in [1.165, 1.54) is 12.1 Å². The summed E-state index contributed by atoms with van der Waals surface area (Å²) in [6.45, 7) is 0. The molecular formula is C8H6ClNO2S. The van der Waals surface area contributed by atoms with Crippen molar-refractivity contribution in [3.63, 3.8) is 0 Å². The summed E-state index contributed by atoms with van der Waals surface area (Å²) in [6.07, 6.45) is 1.75. The van der Waals surface area contributed by atoms with E-state index in [-0.39, 0.29) is 4.90 Å². The molecule has 0 saturated heterocycles. The van der Waals surface area contributed by atoms with Gasteiger partial charge in [-0.3, -0.25) is 0 Å². The molecule has 0 radical (unpaired) electrons. The molecule has 2 rings (SSSR count). The average Bonchev–Trinajstić information content (AvgIpc) is 2.47. The fraction of sp³-hybridized carbons (Fsp3) is 0. The van der Waals surface area contributed by atoms with Crippen LogP contribution in [0.4, 0.5) is 0 Å². The molecule has 0 saturated carbocycles. The molecule has 0 fully saturated rings. The van der Waals surface area contributed by atoms with E-state index in [0.717, 1.165) is 10.9 Å². The van der Waals surface area contributed by atoms with E-state index in [1.54, 1.807) is 12.3 Å². The van der Waals surface area contributed by atoms with Gasteiger partial charge in [0.05, 0.1) is 4.90 Å². The molecule has 13 heavy (non-hydrogen) atoms. The van der Waals surface area contributed by atoms with Gasteiger partial charge in [0.15, 0.2) is 0 Å². The van der Waals surface area contributed by atoms with Crippen LogP contribution in [0, 0.1) is 0 Å². The molecule has 2 aromatic rings. The molecule has 0 unspecified atom stereocenters. The highest BCUT2D eigenvalue weighted by Crippen LogP contribution is 2.20. The Balaban J connectivity index is 2.75. The number of aromatic amines is 1. The van der Waals surface area contributed by atoms with Crippen LogP contribution < -0.4 is 0 Å². The minimum absolute atomic E-state index is 0.115. The van der Waals surface area contributed by atoms with Crippen LogP contribution in [0.5, 0.6) is 0 Å². The van der Waals surface area contributed by atoms with Crippen LogP contribution in [0.1, 0.15) is 0 Å². The van der Waals surface area contributed by atoms with Gasteiger partial charge in [-0.25, -0.2) is 8.42 Å². The van der Waals surface area contributed by atoms with E-state index < -0.39 is 9.05 Å². The molecule has 0 atom stereocenters. The first kappa shape index (κ1) is 8.59. The van der Waals surface area contributed by atoms with Crippen molar-refractivity contribution < 1.29 is 8.42 Å². The molecule has 0 amide bonds. The average molecular weight is 216 g/mol. The lowest BCUT2D eigenvalue weighted by molar-refractivity contribution is 0.609. The van der Waals surface area contributed by atoms with Gasteiger partial charge >= 0.3 is 0 Å². The third-order valence-electron chi connectivity index (χ3n) is 1.81. The molecule has 0 bridgehead atoms. The maximum Gasteiger partial charge on any atom is 0.261 e. The number of hydrogen-bond donors (Lipinski definition) is 1. The maximum atomic E-state index is 10.9. The minimum Gasteiger partial charge on any atom is -0.361 e. The van der Waals surface area contributed by atoms with Crippen molar-refractivity contribution in [1.82, 2.24) is 4.98 Å². The van der Waals surface area contributed by atoms with E-state index in [9.17, 15) is 8.42 Å². The topological polar surface area (TPSA) is 49.9 Å². The summed E-state index contributed by atoms with van der Waals surface area (Å²) in [5.74, 6) is 0. The summed E-state index contributed by atoms with van der Waals surface area (Å²) < 4.78 is 21.9. The quantitative estimate of drug-likeness (QED) is 0.741. The van der Waals surface area contributed by atoms with Crippen molar-refractivity contribution in [1.29, 1.82) is 0 Å². The summed E-state index contributed by atoms with van der Waals surface area (Å²) in [6, 6.07) is 6.57. The normalized spacial score (nSPS) is 12.1. The predicted octanol–water partition coefficient (Wildman–Crippen LogP) is 2.10. The highest BCUT2D eigenvalue weighted by molar-refractivity contribution is 8.13. The second-order valence-electron chi connectivity index (χ2n) is 2.66. The van der Waals surface area contributed by atoms with Crippen LogP contribution in [0.3, 0.4) is 0 Å². The Morgan fingerprint density at radius 2 is 2.00 bits per heavy atom. The third-order valence-corrected chi connectivity index (χ3v) is 3.16. The summed E-state index contributed by atoms with van der Waals surface area (Å²) in [4.78, 5) is 3.02. The Bertz CT molecular complexity index is 544. The lowest BCUT2D eigenvalue weighted by Crippen LogP contribution is -1.89. The van der Waals surface area contributed by atoms with Gasteiger partial charge in [0.1, 0.15) is 0 Å². The van der Waals surface area contributed by atoms with Crippen LogP contribution in [0.15, 0.2) is 35.4 Å². The van der Waals surface area contributed by atoms with Gasteiger partial charge in [-0.15, -0.1) is 0 Å². The molecule has 0 spiro atoms. The zero-order valence-electron chi connectivity index (χ0n) is 6.49. The second-order valence-corrected chi connectivity index (χ2v) is 5.23. The van der Waals surface area contributed by atoms with Gasteiger partial charge in [0, 0.05) is 22.4 Å². The number of fused-ring (bicyclic) bond motifs is 1. The van der Waals surface area contributed by atoms with Crippen LogP contribution in [0.25, 0.3) is 10.9 Å². The molecule has 0 aliphatic heterocycles. The number of aromatic nitrogens is 1. The highest BCUT2D eigenvalue weighted by Gasteiger charge is 2.09. The molecule has 0 aliphatic carbocycles. The van der Waals surface area contributed by atoms with Crippen LogP contribution >= 0.6 is 10.7 Å². The summed E-state index contributed by atoms with van der Waals surface area (Å²) in [5, 5.41) is 0.962. The zero-order chi connectivity index (χ0) is 9.47. The van der Waals surface area contributed by atoms with Crippen LogP contribution in [-0.2, 0) is 9.05 Å². The predicted molar refractivity (Wildman–Crippen MR) is 51.3 cm³/mol. The zero-order valence-corrected chi connectivity index (χ0v) is 8.06. The molecular weight excluding hydrogens is 210 g/mol. The van der Waals surface area contributed by atoms with Gasteiger partial charge in [0.25, 0.3) is 9.05 Å². The Morgan fingerprint density at radius 3 is 2.69 bits per heavy atom. The van der Waals surface area contributed by atoms with E-state index in [1.807, 2.05) is 6.07 Å². The van der Waals surface area contributed by atoms with Crippen molar-refractivity contribution in [3.8, 4) is 0 Å². The first-order valence-corrected chi connectivity index (χ1v) is 5.90. The van der Waals surface area contributed by atoms with E-state index >= 15 is 0 Å². The Kier molecular flexibility index (Phi) is 1.82. The van der Waals surface area contributed by atoms with Crippen molar-refractivity contribution >= 4 is 30.6 Å². The van der Waals surface area contributed by atoms with E-state index in [4.69, 9.17) is 10.7 Å². The first-order valence-electron chi connectivity index (χ1n) is 3.59. The van der Waals surface area contributed by atoms with E-state index in [0.29, 0.717) is 0 Å². The SMILES string of the molecule is O=S(=O)(Cl)c1ccc2cc[nH]c2c1. The fourth-order valence-electron chi connectivity index (χ4n) is 1.18. The highest BCUT2D eigenvalue weighted by atomic mass is 35.7. The number of nitrogens with one attached hydrogen (secondary N) is 1. The maximum absolute atomic E-state index is 10.9. The Morgan fingerprint density at radius 1 is 1.23 bits per heavy atom. The second kappa shape index (κ2) is 2.75. The number of rotatable bonds is 1. The molecule has 1 aromatic carbocycles. The number of halogens is 1. The standard InChI is InChI=1S/C8H6ClNO2S/c9-13(11,12)7-2-1-6-3-4-10-8(6)5-7/h1-5,10H. The van der Waals surface area contributed by atoms with Gasteiger partial charge in [-0.1, -0.05) is 6.07 Å². The van der Waals surface area contributed by atoms with E-state index in [2.05, 4.69) is 4.98 Å². The molecule has 68 valence electrons. The van der Waals surface area contributed by atoms with Gasteiger partial charge in [-0.2, -0.15) is 0 Å². The summed E-state index contributed by atoms with van der Waals surface area (Å²) >= 11 is 0. The first-order chi connectivity index (χ1) is 6.07. The number of H-pyrrole nitrogens is 1. The van der Waals surface area contributed by atoms with Gasteiger partial charge in [0.2, 0.25) is 0 Å².